The normalized spacial score (nSPS) is 11.1. The molecular weight excluding hydrogens is 446 g/mol. The SMILES string of the molecule is O=C(CCCn1ccnc1)Cc1ccc2nc(-c3ccc(F)cc3)c(-c3ccc(F)cc3)nc2c1. The molecule has 7 heteroatoms. The van der Waals surface area contributed by atoms with E-state index >= 15 is 0 Å². The third-order valence-corrected chi connectivity index (χ3v) is 5.80. The number of carbonyl (C=O) groups is 1. The van der Waals surface area contributed by atoms with Gasteiger partial charge in [-0.1, -0.05) is 6.07 Å². The highest BCUT2D eigenvalue weighted by Gasteiger charge is 2.15. The molecule has 0 aliphatic rings. The lowest BCUT2D eigenvalue weighted by molar-refractivity contribution is -0.118. The van der Waals surface area contributed by atoms with Gasteiger partial charge in [0.25, 0.3) is 0 Å². The first kappa shape index (κ1) is 22.5. The Labute approximate surface area is 201 Å². The monoisotopic (exact) mass is 468 g/mol. The Bertz CT molecular complexity index is 1460. The molecule has 2 heterocycles. The summed E-state index contributed by atoms with van der Waals surface area (Å²) in [6.45, 7) is 0.752. The van der Waals surface area contributed by atoms with Gasteiger partial charge in [0.1, 0.15) is 17.4 Å². The Morgan fingerprint density at radius 2 is 1.43 bits per heavy atom. The van der Waals surface area contributed by atoms with Crippen LogP contribution in [-0.4, -0.2) is 25.3 Å². The van der Waals surface area contributed by atoms with Crippen molar-refractivity contribution in [3.05, 3.63) is 103 Å². The van der Waals surface area contributed by atoms with Gasteiger partial charge in [-0.2, -0.15) is 0 Å². The molecule has 0 aliphatic heterocycles. The van der Waals surface area contributed by atoms with Crippen molar-refractivity contribution in [1.29, 1.82) is 0 Å². The van der Waals surface area contributed by atoms with Crippen LogP contribution in [0.2, 0.25) is 0 Å². The highest BCUT2D eigenvalue weighted by molar-refractivity contribution is 5.87. The summed E-state index contributed by atoms with van der Waals surface area (Å²) >= 11 is 0. The Hall–Kier alpha value is -4.26. The molecule has 0 fully saturated rings. The minimum Gasteiger partial charge on any atom is -0.337 e. The van der Waals surface area contributed by atoms with Crippen LogP contribution < -0.4 is 0 Å². The number of ketones is 1. The van der Waals surface area contributed by atoms with Crippen LogP contribution in [0.4, 0.5) is 8.78 Å². The third-order valence-electron chi connectivity index (χ3n) is 5.80. The van der Waals surface area contributed by atoms with E-state index in [2.05, 4.69) is 4.98 Å². The van der Waals surface area contributed by atoms with Crippen molar-refractivity contribution in [3.63, 3.8) is 0 Å². The van der Waals surface area contributed by atoms with Gasteiger partial charge in [0.15, 0.2) is 0 Å². The second-order valence-corrected chi connectivity index (χ2v) is 8.38. The molecule has 0 N–H and O–H groups in total. The maximum absolute atomic E-state index is 13.6. The molecule has 0 spiro atoms. The predicted octanol–water partition coefficient (Wildman–Crippen LogP) is 6.03. The van der Waals surface area contributed by atoms with E-state index in [0.717, 1.165) is 18.5 Å². The van der Waals surface area contributed by atoms with Crippen LogP contribution >= 0.6 is 0 Å². The lowest BCUT2D eigenvalue weighted by Gasteiger charge is -2.11. The first-order valence-corrected chi connectivity index (χ1v) is 11.4. The molecule has 0 amide bonds. The van der Waals surface area contributed by atoms with Gasteiger partial charge >= 0.3 is 0 Å². The fourth-order valence-corrected chi connectivity index (χ4v) is 4.02. The summed E-state index contributed by atoms with van der Waals surface area (Å²) in [5.41, 5.74) is 4.70. The summed E-state index contributed by atoms with van der Waals surface area (Å²) in [7, 11) is 0. The second-order valence-electron chi connectivity index (χ2n) is 8.38. The Morgan fingerprint density at radius 1 is 0.800 bits per heavy atom. The zero-order valence-corrected chi connectivity index (χ0v) is 18.9. The van der Waals surface area contributed by atoms with Crippen LogP contribution in [-0.2, 0) is 17.8 Å². The Morgan fingerprint density at radius 3 is 2.03 bits per heavy atom. The molecule has 0 aliphatic carbocycles. The molecule has 174 valence electrons. The highest BCUT2D eigenvalue weighted by Crippen LogP contribution is 2.31. The summed E-state index contributed by atoms with van der Waals surface area (Å²) in [6, 6.07) is 17.7. The molecular formula is C28H22F2N4O. The largest absolute Gasteiger partial charge is 0.337 e. The zero-order chi connectivity index (χ0) is 24.2. The van der Waals surface area contributed by atoms with E-state index in [1.807, 2.05) is 29.0 Å². The van der Waals surface area contributed by atoms with Gasteiger partial charge in [0, 0.05) is 42.9 Å². The van der Waals surface area contributed by atoms with Gasteiger partial charge < -0.3 is 4.57 Å². The van der Waals surface area contributed by atoms with E-state index in [0.29, 0.717) is 46.4 Å². The molecule has 0 unspecified atom stereocenters. The van der Waals surface area contributed by atoms with E-state index in [9.17, 15) is 13.6 Å². The number of imidazole rings is 1. The smallest absolute Gasteiger partial charge is 0.137 e. The van der Waals surface area contributed by atoms with Gasteiger partial charge in [0.05, 0.1) is 28.7 Å². The predicted molar refractivity (Wildman–Crippen MR) is 130 cm³/mol. The minimum atomic E-state index is -0.348. The number of rotatable bonds is 8. The van der Waals surface area contributed by atoms with Crippen molar-refractivity contribution < 1.29 is 13.6 Å². The van der Waals surface area contributed by atoms with Gasteiger partial charge in [-0.15, -0.1) is 0 Å². The Kier molecular flexibility index (Phi) is 6.39. The van der Waals surface area contributed by atoms with Crippen molar-refractivity contribution in [2.24, 2.45) is 0 Å². The fourth-order valence-electron chi connectivity index (χ4n) is 4.02. The number of Topliss-reactive ketones (excluding diaryl/α,β-unsaturated/α-hetero) is 1. The lowest BCUT2D eigenvalue weighted by Crippen LogP contribution is -2.05. The molecule has 0 bridgehead atoms. The van der Waals surface area contributed by atoms with Gasteiger partial charge in [-0.3, -0.25) is 4.79 Å². The van der Waals surface area contributed by atoms with E-state index in [1.54, 1.807) is 36.8 Å². The van der Waals surface area contributed by atoms with Gasteiger partial charge in [-0.05, 0) is 72.6 Å². The first-order valence-electron chi connectivity index (χ1n) is 11.4. The Balaban J connectivity index is 1.44. The summed E-state index contributed by atoms with van der Waals surface area (Å²) < 4.78 is 29.0. The van der Waals surface area contributed by atoms with Crippen LogP contribution in [0.25, 0.3) is 33.5 Å². The number of aromatic nitrogens is 4. The standard InChI is InChI=1S/C28H22F2N4O/c29-22-8-4-20(5-9-22)27-28(21-6-10-23(30)11-7-21)33-26-17-19(3-12-25(26)32-27)16-24(35)2-1-14-34-15-13-31-18-34/h3-13,15,17-18H,1-2,14,16H2. The third kappa shape index (κ3) is 5.30. The molecule has 2 aromatic heterocycles. The quantitative estimate of drug-likeness (QED) is 0.279. The first-order chi connectivity index (χ1) is 17.0. The maximum Gasteiger partial charge on any atom is 0.137 e. The van der Waals surface area contributed by atoms with E-state index in [-0.39, 0.29) is 17.4 Å². The molecule has 5 aromatic rings. The lowest BCUT2D eigenvalue weighted by atomic mass is 10.0. The molecule has 0 atom stereocenters. The number of benzene rings is 3. The van der Waals surface area contributed by atoms with Crippen LogP contribution in [0.5, 0.6) is 0 Å². The zero-order valence-electron chi connectivity index (χ0n) is 18.9. The van der Waals surface area contributed by atoms with Gasteiger partial charge in [0.2, 0.25) is 0 Å². The van der Waals surface area contributed by atoms with E-state index < -0.39 is 0 Å². The van der Waals surface area contributed by atoms with Crippen molar-refractivity contribution in [3.8, 4) is 22.5 Å². The van der Waals surface area contributed by atoms with Crippen molar-refractivity contribution in [1.82, 2.24) is 19.5 Å². The molecule has 0 saturated carbocycles. The van der Waals surface area contributed by atoms with Crippen molar-refractivity contribution in [2.75, 3.05) is 0 Å². The molecule has 35 heavy (non-hydrogen) atoms. The number of nitrogens with zero attached hydrogens (tertiary/aromatic N) is 4. The minimum absolute atomic E-state index is 0.152. The summed E-state index contributed by atoms with van der Waals surface area (Å²) in [5.74, 6) is -0.538. The molecule has 0 radical (unpaired) electrons. The van der Waals surface area contributed by atoms with Crippen LogP contribution in [0.3, 0.4) is 0 Å². The topological polar surface area (TPSA) is 60.7 Å². The highest BCUT2D eigenvalue weighted by atomic mass is 19.1. The number of aryl methyl sites for hydroxylation is 1. The molecule has 0 saturated heterocycles. The summed E-state index contributed by atoms with van der Waals surface area (Å²) in [6.07, 6.45) is 6.88. The van der Waals surface area contributed by atoms with Crippen molar-refractivity contribution in [2.45, 2.75) is 25.8 Å². The summed E-state index contributed by atoms with van der Waals surface area (Å²) in [5, 5.41) is 0. The van der Waals surface area contributed by atoms with Crippen molar-refractivity contribution >= 4 is 16.8 Å². The fraction of sp³-hybridized carbons (Fsp3) is 0.143. The number of hydrogen-bond donors (Lipinski definition) is 0. The molecule has 3 aromatic carbocycles. The molecule has 5 rings (SSSR count). The number of hydrogen-bond acceptors (Lipinski definition) is 4. The van der Waals surface area contributed by atoms with E-state index in [4.69, 9.17) is 9.97 Å². The number of carbonyl (C=O) groups excluding carboxylic acids is 1. The summed E-state index contributed by atoms with van der Waals surface area (Å²) in [4.78, 5) is 26.2. The number of fused-ring (bicyclic) bond motifs is 1. The molecule has 5 nitrogen and oxygen atoms in total. The average molecular weight is 469 g/mol. The van der Waals surface area contributed by atoms with Crippen LogP contribution in [0.15, 0.2) is 85.5 Å². The van der Waals surface area contributed by atoms with Gasteiger partial charge in [-0.25, -0.2) is 23.7 Å². The maximum atomic E-state index is 13.6. The van der Waals surface area contributed by atoms with Crippen LogP contribution in [0.1, 0.15) is 18.4 Å². The second kappa shape index (κ2) is 9.93. The van der Waals surface area contributed by atoms with E-state index in [1.165, 1.54) is 24.3 Å². The average Bonchev–Trinajstić information content (AvgIpc) is 3.38. The number of halogens is 2. The van der Waals surface area contributed by atoms with Crippen LogP contribution in [0, 0.1) is 11.6 Å².